The lowest BCUT2D eigenvalue weighted by atomic mass is 10.0. The van der Waals surface area contributed by atoms with Gasteiger partial charge in [-0.05, 0) is 25.8 Å². The summed E-state index contributed by atoms with van der Waals surface area (Å²) in [7, 11) is 1.69. The Morgan fingerprint density at radius 2 is 1.84 bits per heavy atom. The number of halogens is 1. The van der Waals surface area contributed by atoms with Crippen molar-refractivity contribution in [3.8, 4) is 22.5 Å². The highest BCUT2D eigenvalue weighted by Crippen LogP contribution is 2.34. The first kappa shape index (κ1) is 20.8. The molecule has 1 aromatic heterocycles. The maximum Gasteiger partial charge on any atom is 0.293 e. The SMILES string of the molecule is [C-]#[N+]c1ccc(-c2nc(N3CCC(N)CC3)c(=O)n(C)c2-c2ccc(C)cc2)c(F)c1. The Kier molecular flexibility index (Phi) is 5.57. The number of aromatic nitrogens is 2. The van der Waals surface area contributed by atoms with E-state index in [0.717, 1.165) is 24.0 Å². The van der Waals surface area contributed by atoms with Gasteiger partial charge in [0.15, 0.2) is 11.5 Å². The van der Waals surface area contributed by atoms with E-state index in [-0.39, 0.29) is 22.9 Å². The van der Waals surface area contributed by atoms with E-state index in [1.807, 2.05) is 36.1 Å². The van der Waals surface area contributed by atoms with Crippen LogP contribution in [0.2, 0.25) is 0 Å². The van der Waals surface area contributed by atoms with Crippen molar-refractivity contribution in [3.05, 3.63) is 75.6 Å². The molecule has 0 amide bonds. The quantitative estimate of drug-likeness (QED) is 0.653. The van der Waals surface area contributed by atoms with Gasteiger partial charge in [-0.2, -0.15) is 0 Å². The number of benzene rings is 2. The Hall–Kier alpha value is -3.50. The summed E-state index contributed by atoms with van der Waals surface area (Å²) < 4.78 is 16.6. The number of hydrogen-bond acceptors (Lipinski definition) is 4. The van der Waals surface area contributed by atoms with Crippen molar-refractivity contribution in [2.45, 2.75) is 25.8 Å². The van der Waals surface area contributed by atoms with Crippen LogP contribution in [0.3, 0.4) is 0 Å². The topological polar surface area (TPSA) is 68.5 Å². The lowest BCUT2D eigenvalue weighted by molar-refractivity contribution is 0.496. The second-order valence-corrected chi connectivity index (χ2v) is 7.96. The molecule has 1 aliphatic rings. The van der Waals surface area contributed by atoms with Gasteiger partial charge in [0, 0.05) is 37.3 Å². The molecular formula is C24H24FN5O. The predicted octanol–water partition coefficient (Wildman–Crippen LogP) is 4.04. The molecule has 0 spiro atoms. The van der Waals surface area contributed by atoms with Gasteiger partial charge in [-0.25, -0.2) is 14.2 Å². The summed E-state index contributed by atoms with van der Waals surface area (Å²) in [5.74, 6) is -0.242. The highest BCUT2D eigenvalue weighted by molar-refractivity contribution is 5.80. The number of aryl methyl sites for hydroxylation is 1. The van der Waals surface area contributed by atoms with E-state index < -0.39 is 5.82 Å². The Morgan fingerprint density at radius 1 is 1.16 bits per heavy atom. The molecular weight excluding hydrogens is 393 g/mol. The molecule has 0 bridgehead atoms. The van der Waals surface area contributed by atoms with Crippen molar-refractivity contribution in [2.75, 3.05) is 18.0 Å². The molecule has 158 valence electrons. The summed E-state index contributed by atoms with van der Waals surface area (Å²) >= 11 is 0. The molecule has 0 unspecified atom stereocenters. The standard InChI is InChI=1S/C24H24FN5O/c1-15-4-6-16(7-5-15)22-21(19-9-8-18(27-2)14-20(19)25)28-23(24(31)29(22)3)30-12-10-17(26)11-13-30/h4-9,14,17H,10-13,26H2,1,3H3. The van der Waals surface area contributed by atoms with Crippen LogP contribution < -0.4 is 16.2 Å². The third-order valence-corrected chi connectivity index (χ3v) is 5.77. The molecule has 0 saturated carbocycles. The smallest absolute Gasteiger partial charge is 0.293 e. The van der Waals surface area contributed by atoms with Gasteiger partial charge >= 0.3 is 0 Å². The van der Waals surface area contributed by atoms with Crippen molar-refractivity contribution in [1.29, 1.82) is 0 Å². The molecule has 2 heterocycles. The molecule has 2 aromatic carbocycles. The van der Waals surface area contributed by atoms with Crippen molar-refractivity contribution in [3.63, 3.8) is 0 Å². The minimum atomic E-state index is -0.542. The third-order valence-electron chi connectivity index (χ3n) is 5.77. The van der Waals surface area contributed by atoms with Crippen LogP contribution in [0.25, 0.3) is 27.4 Å². The second-order valence-electron chi connectivity index (χ2n) is 7.96. The van der Waals surface area contributed by atoms with Gasteiger partial charge in [-0.3, -0.25) is 4.79 Å². The minimum Gasteiger partial charge on any atom is -0.352 e. The van der Waals surface area contributed by atoms with Gasteiger partial charge in [-0.1, -0.05) is 42.0 Å². The van der Waals surface area contributed by atoms with Gasteiger partial charge in [0.25, 0.3) is 5.56 Å². The second kappa shape index (κ2) is 8.32. The summed E-state index contributed by atoms with van der Waals surface area (Å²) in [6.07, 6.45) is 1.54. The molecule has 0 atom stereocenters. The van der Waals surface area contributed by atoms with Crippen LogP contribution in [0.15, 0.2) is 47.3 Å². The molecule has 31 heavy (non-hydrogen) atoms. The van der Waals surface area contributed by atoms with Crippen LogP contribution >= 0.6 is 0 Å². The fourth-order valence-electron chi connectivity index (χ4n) is 3.93. The third kappa shape index (κ3) is 3.94. The summed E-state index contributed by atoms with van der Waals surface area (Å²) in [5, 5.41) is 0. The predicted molar refractivity (Wildman–Crippen MR) is 121 cm³/mol. The maximum atomic E-state index is 15.0. The van der Waals surface area contributed by atoms with Crippen LogP contribution in [0, 0.1) is 19.3 Å². The van der Waals surface area contributed by atoms with Gasteiger partial charge in [0.2, 0.25) is 0 Å². The average Bonchev–Trinajstić information content (AvgIpc) is 2.77. The number of rotatable bonds is 3. The zero-order chi connectivity index (χ0) is 22.1. The van der Waals surface area contributed by atoms with Crippen LogP contribution in [0.1, 0.15) is 18.4 Å². The lowest BCUT2D eigenvalue weighted by Gasteiger charge is -2.31. The molecule has 1 saturated heterocycles. The Balaban J connectivity index is 1.96. The van der Waals surface area contributed by atoms with E-state index in [0.29, 0.717) is 30.3 Å². The first-order valence-electron chi connectivity index (χ1n) is 10.2. The summed E-state index contributed by atoms with van der Waals surface area (Å²) in [5.41, 5.74) is 9.04. The maximum absolute atomic E-state index is 15.0. The minimum absolute atomic E-state index is 0.116. The van der Waals surface area contributed by atoms with Crippen molar-refractivity contribution < 1.29 is 4.39 Å². The fraction of sp³-hybridized carbons (Fsp3) is 0.292. The molecule has 0 aliphatic carbocycles. The monoisotopic (exact) mass is 417 g/mol. The molecule has 1 fully saturated rings. The zero-order valence-electron chi connectivity index (χ0n) is 17.6. The molecule has 7 heteroatoms. The van der Waals surface area contributed by atoms with Gasteiger partial charge in [-0.15, -0.1) is 0 Å². The van der Waals surface area contributed by atoms with Crippen LogP contribution in [0.4, 0.5) is 15.9 Å². The van der Waals surface area contributed by atoms with E-state index >= 15 is 4.39 Å². The highest BCUT2D eigenvalue weighted by atomic mass is 19.1. The Bertz CT molecular complexity index is 1220. The van der Waals surface area contributed by atoms with E-state index in [4.69, 9.17) is 17.3 Å². The van der Waals surface area contributed by atoms with E-state index in [1.54, 1.807) is 23.7 Å². The van der Waals surface area contributed by atoms with Crippen molar-refractivity contribution in [1.82, 2.24) is 9.55 Å². The van der Waals surface area contributed by atoms with Crippen molar-refractivity contribution in [2.24, 2.45) is 12.8 Å². The van der Waals surface area contributed by atoms with Crippen LogP contribution in [-0.2, 0) is 7.05 Å². The van der Waals surface area contributed by atoms with E-state index in [1.165, 1.54) is 6.07 Å². The number of nitrogens with zero attached hydrogens (tertiary/aromatic N) is 4. The largest absolute Gasteiger partial charge is 0.352 e. The summed E-state index contributed by atoms with van der Waals surface area (Å²) in [6.45, 7) is 10.4. The van der Waals surface area contributed by atoms with Crippen molar-refractivity contribution >= 4 is 11.5 Å². The number of piperidine rings is 1. The Morgan fingerprint density at radius 3 is 2.45 bits per heavy atom. The van der Waals surface area contributed by atoms with Gasteiger partial charge in [0.05, 0.1) is 12.3 Å². The molecule has 0 radical (unpaired) electrons. The molecule has 3 aromatic rings. The lowest BCUT2D eigenvalue weighted by Crippen LogP contribution is -2.43. The van der Waals surface area contributed by atoms with E-state index in [9.17, 15) is 4.79 Å². The average molecular weight is 417 g/mol. The number of nitrogens with two attached hydrogens (primary N) is 1. The highest BCUT2D eigenvalue weighted by Gasteiger charge is 2.25. The first-order chi connectivity index (χ1) is 14.9. The molecule has 1 aliphatic heterocycles. The Labute approximate surface area is 180 Å². The summed E-state index contributed by atoms with van der Waals surface area (Å²) in [4.78, 5) is 23.2. The van der Waals surface area contributed by atoms with Crippen LogP contribution in [0.5, 0.6) is 0 Å². The van der Waals surface area contributed by atoms with Gasteiger partial charge in [0.1, 0.15) is 11.5 Å². The normalized spacial score (nSPS) is 14.5. The zero-order valence-corrected chi connectivity index (χ0v) is 17.6. The van der Waals surface area contributed by atoms with Gasteiger partial charge < -0.3 is 15.2 Å². The molecule has 6 nitrogen and oxygen atoms in total. The van der Waals surface area contributed by atoms with E-state index in [2.05, 4.69) is 4.85 Å². The first-order valence-corrected chi connectivity index (χ1v) is 10.2. The number of anilines is 1. The molecule has 2 N–H and O–H groups in total. The molecule has 4 rings (SSSR count). The van der Waals surface area contributed by atoms with Crippen LogP contribution in [-0.4, -0.2) is 28.7 Å². The fourth-order valence-corrected chi connectivity index (χ4v) is 3.93. The number of hydrogen-bond donors (Lipinski definition) is 1. The summed E-state index contributed by atoms with van der Waals surface area (Å²) in [6, 6.07) is 12.1.